The molecule has 198 valence electrons. The number of rotatable bonds is 7. The van der Waals surface area contributed by atoms with Crippen LogP contribution in [0.5, 0.6) is 5.75 Å². The summed E-state index contributed by atoms with van der Waals surface area (Å²) < 4.78 is 5.97. The number of hydrogen-bond donors (Lipinski definition) is 2. The Morgan fingerprint density at radius 2 is 1.68 bits per heavy atom. The third-order valence-corrected chi connectivity index (χ3v) is 7.26. The third-order valence-electron chi connectivity index (χ3n) is 7.00. The van der Waals surface area contributed by atoms with Crippen molar-refractivity contribution in [3.63, 3.8) is 0 Å². The average Bonchev–Trinajstić information content (AvgIpc) is 2.88. The van der Waals surface area contributed by atoms with Crippen molar-refractivity contribution in [3.05, 3.63) is 64.7 Å². The van der Waals surface area contributed by atoms with Crippen LogP contribution in [0.1, 0.15) is 69.3 Å². The molecule has 0 saturated heterocycles. The maximum absolute atomic E-state index is 13.7. The van der Waals surface area contributed by atoms with Crippen LogP contribution in [0, 0.1) is 16.9 Å². The van der Waals surface area contributed by atoms with Crippen molar-refractivity contribution >= 4 is 29.4 Å². The second-order valence-electron chi connectivity index (χ2n) is 10.6. The summed E-state index contributed by atoms with van der Waals surface area (Å²) in [4.78, 5) is 31.4. The van der Waals surface area contributed by atoms with E-state index in [1.54, 1.807) is 43.3 Å². The lowest BCUT2D eigenvalue weighted by molar-refractivity contribution is -0.142. The van der Waals surface area contributed by atoms with Gasteiger partial charge in [-0.05, 0) is 85.9 Å². The SMILES string of the molecule is CC(Oc1ccc(Cl)cc1)C(=O)N(Cc1ccc(C(=O)N=C(N)N=N)cc1)C1CCC(C(C)(C)C)CC1. The van der Waals surface area contributed by atoms with E-state index in [2.05, 4.69) is 30.9 Å². The Balaban J connectivity index is 1.78. The van der Waals surface area contributed by atoms with E-state index in [1.165, 1.54) is 0 Å². The third kappa shape index (κ3) is 7.86. The molecule has 0 aromatic heterocycles. The zero-order valence-corrected chi connectivity index (χ0v) is 22.7. The molecule has 0 aliphatic heterocycles. The van der Waals surface area contributed by atoms with Crippen LogP contribution in [0.15, 0.2) is 58.6 Å². The first kappa shape index (κ1) is 28.3. The van der Waals surface area contributed by atoms with Crippen LogP contribution in [0.25, 0.3) is 0 Å². The Hall–Kier alpha value is -3.26. The second-order valence-corrected chi connectivity index (χ2v) is 11.1. The molecule has 0 bridgehead atoms. The molecule has 1 unspecified atom stereocenters. The van der Waals surface area contributed by atoms with E-state index in [-0.39, 0.29) is 17.4 Å². The largest absolute Gasteiger partial charge is 0.481 e. The number of nitrogens with zero attached hydrogens (tertiary/aromatic N) is 3. The van der Waals surface area contributed by atoms with Crippen LogP contribution >= 0.6 is 11.6 Å². The van der Waals surface area contributed by atoms with Crippen molar-refractivity contribution in [3.8, 4) is 5.75 Å². The fourth-order valence-corrected chi connectivity index (χ4v) is 4.91. The van der Waals surface area contributed by atoms with Crippen LogP contribution < -0.4 is 10.5 Å². The van der Waals surface area contributed by atoms with E-state index in [9.17, 15) is 9.59 Å². The molecule has 1 fully saturated rings. The van der Waals surface area contributed by atoms with Gasteiger partial charge in [0.15, 0.2) is 6.10 Å². The summed E-state index contributed by atoms with van der Waals surface area (Å²) >= 11 is 5.98. The maximum atomic E-state index is 13.7. The summed E-state index contributed by atoms with van der Waals surface area (Å²) in [5.74, 6) is 0.162. The van der Waals surface area contributed by atoms with E-state index >= 15 is 0 Å². The fraction of sp³-hybridized carbons (Fsp3) is 0.464. The number of carbonyl (C=O) groups is 2. The van der Waals surface area contributed by atoms with Crippen LogP contribution in [0.2, 0.25) is 5.02 Å². The second kappa shape index (κ2) is 12.3. The van der Waals surface area contributed by atoms with E-state index in [4.69, 9.17) is 27.6 Å². The number of benzene rings is 2. The predicted octanol–water partition coefficient (Wildman–Crippen LogP) is 6.23. The van der Waals surface area contributed by atoms with E-state index in [0.717, 1.165) is 31.2 Å². The van der Waals surface area contributed by atoms with Crippen LogP contribution in [0.4, 0.5) is 0 Å². The van der Waals surface area contributed by atoms with Gasteiger partial charge in [0.25, 0.3) is 11.8 Å². The molecule has 1 aliphatic rings. The Bertz CT molecular complexity index is 1120. The zero-order chi connectivity index (χ0) is 27.2. The Morgan fingerprint density at radius 1 is 1.08 bits per heavy atom. The van der Waals surface area contributed by atoms with Crippen LogP contribution in [0.3, 0.4) is 0 Å². The van der Waals surface area contributed by atoms with Gasteiger partial charge in [0.05, 0.1) is 0 Å². The number of aliphatic imine (C=N–C) groups is 1. The first-order valence-electron chi connectivity index (χ1n) is 12.6. The van der Waals surface area contributed by atoms with Crippen LogP contribution in [-0.2, 0) is 11.3 Å². The summed E-state index contributed by atoms with van der Waals surface area (Å²) in [5, 5.41) is 3.55. The molecule has 0 spiro atoms. The maximum Gasteiger partial charge on any atom is 0.280 e. The van der Waals surface area contributed by atoms with Crippen molar-refractivity contribution in [2.45, 2.75) is 72.1 Å². The number of guanidine groups is 1. The fourth-order valence-electron chi connectivity index (χ4n) is 4.78. The van der Waals surface area contributed by atoms with Gasteiger partial charge in [0.1, 0.15) is 5.75 Å². The normalized spacial score (nSPS) is 19.1. The molecule has 0 radical (unpaired) electrons. The van der Waals surface area contributed by atoms with Gasteiger partial charge in [-0.1, -0.05) is 44.5 Å². The highest BCUT2D eigenvalue weighted by molar-refractivity contribution is 6.30. The number of nitrogens with two attached hydrogens (primary N) is 1. The Morgan fingerprint density at radius 3 is 2.22 bits per heavy atom. The number of halogens is 1. The topological polar surface area (TPSA) is 121 Å². The van der Waals surface area contributed by atoms with Crippen molar-refractivity contribution in [2.75, 3.05) is 0 Å². The summed E-state index contributed by atoms with van der Waals surface area (Å²) in [6.45, 7) is 9.01. The standard InChI is InChI=1S/C28H36ClN5O3/c1-18(37-24-15-11-22(29)12-16-24)26(36)34(23-13-9-21(10-14-23)28(2,3)4)17-19-5-7-20(8-6-19)25(35)32-27(30)33-31/h5-8,11-12,15-16,18,21,23,31H,9-10,13-14,17H2,1-4H3,(H2,30,32,35). The Kier molecular flexibility index (Phi) is 9.43. The molecule has 1 aliphatic carbocycles. The van der Waals surface area contributed by atoms with Crippen molar-refractivity contribution < 1.29 is 14.3 Å². The molecular weight excluding hydrogens is 490 g/mol. The smallest absolute Gasteiger partial charge is 0.280 e. The molecule has 0 heterocycles. The molecule has 3 rings (SSSR count). The first-order valence-corrected chi connectivity index (χ1v) is 12.9. The molecule has 1 atom stereocenters. The lowest BCUT2D eigenvalue weighted by Gasteiger charge is -2.41. The monoisotopic (exact) mass is 525 g/mol. The average molecular weight is 526 g/mol. The molecule has 2 aromatic carbocycles. The van der Waals surface area contributed by atoms with Crippen LogP contribution in [-0.4, -0.2) is 34.8 Å². The minimum Gasteiger partial charge on any atom is -0.481 e. The van der Waals surface area contributed by atoms with Gasteiger partial charge in [0, 0.05) is 23.2 Å². The highest BCUT2D eigenvalue weighted by Crippen LogP contribution is 2.39. The van der Waals surface area contributed by atoms with Gasteiger partial charge < -0.3 is 15.4 Å². The summed E-state index contributed by atoms with van der Waals surface area (Å²) in [6, 6.07) is 14.0. The van der Waals surface area contributed by atoms with Gasteiger partial charge in [-0.3, -0.25) is 9.59 Å². The van der Waals surface area contributed by atoms with E-state index in [1.807, 2.05) is 17.0 Å². The molecule has 1 saturated carbocycles. The molecule has 3 N–H and O–H groups in total. The number of carbonyl (C=O) groups excluding carboxylic acids is 2. The van der Waals surface area contributed by atoms with Gasteiger partial charge in [0.2, 0.25) is 5.96 Å². The Labute approximate surface area is 223 Å². The number of ether oxygens (including phenoxy) is 1. The number of nitrogens with one attached hydrogen (secondary N) is 1. The highest BCUT2D eigenvalue weighted by Gasteiger charge is 2.35. The minimum absolute atomic E-state index is 0.0799. The summed E-state index contributed by atoms with van der Waals surface area (Å²) in [6.07, 6.45) is 3.33. The zero-order valence-electron chi connectivity index (χ0n) is 21.9. The number of hydrogen-bond acceptors (Lipinski definition) is 4. The molecule has 9 heteroatoms. The summed E-state index contributed by atoms with van der Waals surface area (Å²) in [5.41, 5.74) is 13.7. The molecule has 37 heavy (non-hydrogen) atoms. The van der Waals surface area contributed by atoms with E-state index in [0.29, 0.717) is 28.8 Å². The van der Waals surface area contributed by atoms with Crippen molar-refractivity contribution in [1.29, 1.82) is 5.53 Å². The predicted molar refractivity (Wildman–Crippen MR) is 145 cm³/mol. The molecule has 8 nitrogen and oxygen atoms in total. The van der Waals surface area contributed by atoms with Crippen molar-refractivity contribution in [2.24, 2.45) is 27.2 Å². The molecule has 2 aromatic rings. The van der Waals surface area contributed by atoms with E-state index < -0.39 is 18.0 Å². The van der Waals surface area contributed by atoms with Gasteiger partial charge in [-0.15, -0.1) is 5.11 Å². The lowest BCUT2D eigenvalue weighted by atomic mass is 9.71. The molecular formula is C28H36ClN5O3. The quantitative estimate of drug-likeness (QED) is 0.253. The van der Waals surface area contributed by atoms with Gasteiger partial charge in [-0.25, -0.2) is 5.53 Å². The summed E-state index contributed by atoms with van der Waals surface area (Å²) in [7, 11) is 0. The van der Waals surface area contributed by atoms with Gasteiger partial charge in [-0.2, -0.15) is 4.99 Å². The minimum atomic E-state index is -0.673. The molecule has 2 amide bonds. The lowest BCUT2D eigenvalue weighted by Crippen LogP contribution is -2.47. The number of amides is 2. The van der Waals surface area contributed by atoms with Gasteiger partial charge >= 0.3 is 0 Å². The highest BCUT2D eigenvalue weighted by atomic mass is 35.5. The first-order chi connectivity index (χ1) is 17.5. The van der Waals surface area contributed by atoms with Crippen molar-refractivity contribution in [1.82, 2.24) is 4.90 Å².